The highest BCUT2D eigenvalue weighted by atomic mass is 14.8. The number of nitrogens with two attached hydrogens (primary N) is 4. The second-order valence-corrected chi connectivity index (χ2v) is 4.13. The van der Waals surface area contributed by atoms with E-state index in [1.54, 1.807) is 12.1 Å². The Labute approximate surface area is 96.2 Å². The maximum absolute atomic E-state index is 5.65. The summed E-state index contributed by atoms with van der Waals surface area (Å²) < 4.78 is 0. The number of hydrogen-bond donors (Lipinski definition) is 4. The van der Waals surface area contributed by atoms with Crippen LogP contribution in [0.4, 0.5) is 11.5 Å². The third kappa shape index (κ3) is 4.46. The number of nitrogens with zero attached hydrogens (tertiary/aromatic N) is 1. The van der Waals surface area contributed by atoms with Gasteiger partial charge in [-0.25, -0.2) is 4.98 Å². The molecule has 1 aliphatic rings. The molecule has 16 heavy (non-hydrogen) atoms. The van der Waals surface area contributed by atoms with E-state index in [0.29, 0.717) is 11.5 Å². The summed E-state index contributed by atoms with van der Waals surface area (Å²) in [6.45, 7) is 0. The van der Waals surface area contributed by atoms with Crippen LogP contribution >= 0.6 is 0 Å². The van der Waals surface area contributed by atoms with Crippen molar-refractivity contribution in [2.75, 3.05) is 11.5 Å². The van der Waals surface area contributed by atoms with Crippen LogP contribution in [0.2, 0.25) is 0 Å². The quantitative estimate of drug-likeness (QED) is 0.510. The highest BCUT2D eigenvalue weighted by Gasteiger charge is 2.16. The third-order valence-corrected chi connectivity index (χ3v) is 2.68. The van der Waals surface area contributed by atoms with E-state index in [4.69, 9.17) is 22.9 Å². The zero-order chi connectivity index (χ0) is 12.0. The van der Waals surface area contributed by atoms with Crippen LogP contribution in [0.1, 0.15) is 25.7 Å². The van der Waals surface area contributed by atoms with Crippen molar-refractivity contribution >= 4 is 11.5 Å². The Bertz CT molecular complexity index is 267. The van der Waals surface area contributed by atoms with Gasteiger partial charge in [-0.3, -0.25) is 0 Å². The Morgan fingerprint density at radius 2 is 1.56 bits per heavy atom. The van der Waals surface area contributed by atoms with Gasteiger partial charge in [0, 0.05) is 12.1 Å². The van der Waals surface area contributed by atoms with Gasteiger partial charge in [0.1, 0.15) is 5.82 Å². The summed E-state index contributed by atoms with van der Waals surface area (Å²) in [6, 6.07) is 3.94. The van der Waals surface area contributed by atoms with Gasteiger partial charge in [0.25, 0.3) is 0 Å². The normalized spacial score (nSPS) is 24.4. The molecule has 0 aliphatic heterocycles. The minimum absolute atomic E-state index is 0.281. The average Bonchev–Trinajstić information content (AvgIpc) is 2.28. The third-order valence-electron chi connectivity index (χ3n) is 2.68. The minimum Gasteiger partial charge on any atom is -0.397 e. The van der Waals surface area contributed by atoms with Crippen molar-refractivity contribution in [2.24, 2.45) is 11.5 Å². The first-order valence-electron chi connectivity index (χ1n) is 5.58. The summed E-state index contributed by atoms with van der Waals surface area (Å²) in [5.41, 5.74) is 22.5. The summed E-state index contributed by atoms with van der Waals surface area (Å²) in [5.74, 6) is 0.499. The summed E-state index contributed by atoms with van der Waals surface area (Å²) in [6.07, 6.45) is 6.32. The van der Waals surface area contributed by atoms with E-state index in [9.17, 15) is 0 Å². The number of aromatic nitrogens is 1. The fraction of sp³-hybridized carbons (Fsp3) is 0.545. The van der Waals surface area contributed by atoms with Crippen molar-refractivity contribution in [3.05, 3.63) is 18.3 Å². The molecule has 0 amide bonds. The van der Waals surface area contributed by atoms with Crippen LogP contribution in [0, 0.1) is 0 Å². The van der Waals surface area contributed by atoms with Gasteiger partial charge in [-0.05, 0) is 25.0 Å². The Morgan fingerprint density at radius 1 is 1.00 bits per heavy atom. The van der Waals surface area contributed by atoms with Crippen LogP contribution in [0.25, 0.3) is 0 Å². The molecular weight excluding hydrogens is 202 g/mol. The van der Waals surface area contributed by atoms with Gasteiger partial charge >= 0.3 is 0 Å². The smallest absolute Gasteiger partial charge is 0.123 e. The first-order valence-corrected chi connectivity index (χ1v) is 5.58. The van der Waals surface area contributed by atoms with Crippen LogP contribution in [0.15, 0.2) is 18.3 Å². The lowest BCUT2D eigenvalue weighted by molar-refractivity contribution is 0.385. The molecule has 0 aromatic carbocycles. The molecule has 1 aromatic rings. The number of rotatable bonds is 0. The second-order valence-electron chi connectivity index (χ2n) is 4.13. The van der Waals surface area contributed by atoms with Crippen molar-refractivity contribution in [2.45, 2.75) is 37.8 Å². The van der Waals surface area contributed by atoms with Crippen LogP contribution in [0.3, 0.4) is 0 Å². The number of anilines is 2. The zero-order valence-electron chi connectivity index (χ0n) is 9.47. The summed E-state index contributed by atoms with van der Waals surface area (Å²) >= 11 is 0. The molecule has 90 valence electrons. The van der Waals surface area contributed by atoms with E-state index in [0.717, 1.165) is 12.8 Å². The van der Waals surface area contributed by atoms with Crippen molar-refractivity contribution < 1.29 is 0 Å². The van der Waals surface area contributed by atoms with Gasteiger partial charge in [-0.1, -0.05) is 12.8 Å². The predicted molar refractivity (Wildman–Crippen MR) is 67.5 cm³/mol. The zero-order valence-corrected chi connectivity index (χ0v) is 9.47. The summed E-state index contributed by atoms with van der Waals surface area (Å²) in [7, 11) is 0. The second kappa shape index (κ2) is 6.30. The first-order chi connectivity index (χ1) is 7.59. The standard InChI is InChI=1S/C6H14N2.C5H7N3/c7-5-3-1-2-4-6(5)8;6-4-1-2-5(7)8-3-4/h5-6H,1-4,7-8H2;1-3H,6H2,(H2,7,8). The highest BCUT2D eigenvalue weighted by molar-refractivity contribution is 5.40. The predicted octanol–water partition coefficient (Wildman–Crippen LogP) is 0.461. The lowest BCUT2D eigenvalue weighted by atomic mass is 9.92. The number of hydrogen-bond acceptors (Lipinski definition) is 5. The van der Waals surface area contributed by atoms with E-state index in [-0.39, 0.29) is 12.1 Å². The van der Waals surface area contributed by atoms with Crippen LogP contribution in [-0.4, -0.2) is 17.1 Å². The lowest BCUT2D eigenvalue weighted by Gasteiger charge is -2.24. The molecule has 0 radical (unpaired) electrons. The molecule has 1 heterocycles. The minimum atomic E-state index is 0.281. The van der Waals surface area contributed by atoms with E-state index in [2.05, 4.69) is 4.98 Å². The number of nitrogen functional groups attached to an aromatic ring is 2. The Morgan fingerprint density at radius 3 is 1.88 bits per heavy atom. The van der Waals surface area contributed by atoms with E-state index >= 15 is 0 Å². The molecule has 2 unspecified atom stereocenters. The molecule has 1 aliphatic carbocycles. The SMILES string of the molecule is NC1CCCCC1N.Nc1ccc(N)nc1. The molecule has 2 rings (SSSR count). The largest absolute Gasteiger partial charge is 0.397 e. The van der Waals surface area contributed by atoms with Gasteiger partial charge in [0.2, 0.25) is 0 Å². The fourth-order valence-corrected chi connectivity index (χ4v) is 1.60. The molecular formula is C11H21N5. The Hall–Kier alpha value is -1.33. The molecule has 1 saturated carbocycles. The van der Waals surface area contributed by atoms with Gasteiger partial charge in [0.05, 0.1) is 11.9 Å². The summed E-state index contributed by atoms with van der Waals surface area (Å²) in [5, 5.41) is 0. The van der Waals surface area contributed by atoms with Crippen LogP contribution in [-0.2, 0) is 0 Å². The van der Waals surface area contributed by atoms with Crippen LogP contribution in [0.5, 0.6) is 0 Å². The van der Waals surface area contributed by atoms with E-state index < -0.39 is 0 Å². The molecule has 1 fully saturated rings. The maximum Gasteiger partial charge on any atom is 0.123 e. The van der Waals surface area contributed by atoms with Crippen LogP contribution < -0.4 is 22.9 Å². The molecule has 0 bridgehead atoms. The molecule has 5 heteroatoms. The lowest BCUT2D eigenvalue weighted by Crippen LogP contribution is -2.43. The number of pyridine rings is 1. The summed E-state index contributed by atoms with van der Waals surface area (Å²) in [4.78, 5) is 3.73. The van der Waals surface area contributed by atoms with E-state index in [1.807, 2.05) is 0 Å². The fourth-order valence-electron chi connectivity index (χ4n) is 1.60. The highest BCUT2D eigenvalue weighted by Crippen LogP contribution is 2.14. The molecule has 5 nitrogen and oxygen atoms in total. The van der Waals surface area contributed by atoms with Gasteiger partial charge in [0.15, 0.2) is 0 Å². The Balaban J connectivity index is 0.000000160. The maximum atomic E-state index is 5.65. The van der Waals surface area contributed by atoms with E-state index in [1.165, 1.54) is 19.0 Å². The molecule has 2 atom stereocenters. The van der Waals surface area contributed by atoms with Gasteiger partial charge < -0.3 is 22.9 Å². The first kappa shape index (κ1) is 12.7. The average molecular weight is 223 g/mol. The molecule has 0 spiro atoms. The van der Waals surface area contributed by atoms with Gasteiger partial charge in [-0.2, -0.15) is 0 Å². The Kier molecular flexibility index (Phi) is 5.01. The monoisotopic (exact) mass is 223 g/mol. The molecule has 0 saturated heterocycles. The van der Waals surface area contributed by atoms with Crippen molar-refractivity contribution in [3.8, 4) is 0 Å². The van der Waals surface area contributed by atoms with Gasteiger partial charge in [-0.15, -0.1) is 0 Å². The molecule has 8 N–H and O–H groups in total. The van der Waals surface area contributed by atoms with Crippen molar-refractivity contribution in [1.29, 1.82) is 0 Å². The topological polar surface area (TPSA) is 117 Å². The van der Waals surface area contributed by atoms with Crippen molar-refractivity contribution in [1.82, 2.24) is 4.98 Å². The molecule has 1 aromatic heterocycles. The van der Waals surface area contributed by atoms with Crippen molar-refractivity contribution in [3.63, 3.8) is 0 Å².